The third kappa shape index (κ3) is 8.03. The van der Waals surface area contributed by atoms with Crippen LogP contribution in [-0.2, 0) is 6.42 Å². The summed E-state index contributed by atoms with van der Waals surface area (Å²) in [5.74, 6) is 1.49. The van der Waals surface area contributed by atoms with Crippen molar-refractivity contribution in [2.24, 2.45) is 4.99 Å². The van der Waals surface area contributed by atoms with E-state index in [-0.39, 0.29) is 5.91 Å². The largest absolute Gasteiger partial charge is 0.492 e. The van der Waals surface area contributed by atoms with Gasteiger partial charge in [-0.2, -0.15) is 0 Å². The highest BCUT2D eigenvalue weighted by Crippen LogP contribution is 2.16. The van der Waals surface area contributed by atoms with Crippen molar-refractivity contribution in [3.05, 3.63) is 64.7 Å². The van der Waals surface area contributed by atoms with Crippen molar-refractivity contribution in [2.75, 3.05) is 40.3 Å². The summed E-state index contributed by atoms with van der Waals surface area (Å²) in [6.45, 7) is 4.53. The number of benzene rings is 2. The molecule has 156 valence electrons. The van der Waals surface area contributed by atoms with E-state index in [0.717, 1.165) is 30.2 Å². The summed E-state index contributed by atoms with van der Waals surface area (Å²) in [7, 11) is 3.51. The third-order valence-corrected chi connectivity index (χ3v) is 4.29. The summed E-state index contributed by atoms with van der Waals surface area (Å²) in [5.41, 5.74) is 1.78. The monoisotopic (exact) mass is 416 g/mol. The maximum absolute atomic E-state index is 12.1. The normalized spacial score (nSPS) is 11.1. The lowest BCUT2D eigenvalue weighted by molar-refractivity contribution is 0.0827. The van der Waals surface area contributed by atoms with E-state index in [1.807, 2.05) is 49.4 Å². The maximum atomic E-state index is 12.1. The van der Waals surface area contributed by atoms with E-state index >= 15 is 0 Å². The second-order valence-corrected chi connectivity index (χ2v) is 7.08. The standard InChI is InChI=1S/C22H29ClN4O2/c1-4-24-22(26-13-14-29-20-10-6-9-19(23)16-20)25-12-11-17-7-5-8-18(15-17)21(28)27(2)3/h5-10,15-16H,4,11-14H2,1-3H3,(H2,24,25,26). The van der Waals surface area contributed by atoms with Crippen molar-refractivity contribution in [1.82, 2.24) is 15.5 Å². The van der Waals surface area contributed by atoms with Crippen LogP contribution in [0.3, 0.4) is 0 Å². The number of guanidine groups is 1. The Morgan fingerprint density at radius 2 is 1.93 bits per heavy atom. The number of rotatable bonds is 9. The number of carbonyl (C=O) groups excluding carboxylic acids is 1. The van der Waals surface area contributed by atoms with Gasteiger partial charge in [0, 0.05) is 37.8 Å². The molecule has 2 aromatic rings. The number of ether oxygens (including phenoxy) is 1. The third-order valence-electron chi connectivity index (χ3n) is 4.05. The Balaban J connectivity index is 1.82. The Labute approximate surface area is 177 Å². The van der Waals surface area contributed by atoms with Gasteiger partial charge >= 0.3 is 0 Å². The number of aliphatic imine (C=N–C) groups is 1. The minimum atomic E-state index is 0.00469. The van der Waals surface area contributed by atoms with Gasteiger partial charge in [0.05, 0.1) is 6.54 Å². The van der Waals surface area contributed by atoms with Crippen LogP contribution in [0.1, 0.15) is 22.8 Å². The van der Waals surface area contributed by atoms with E-state index in [1.165, 1.54) is 0 Å². The van der Waals surface area contributed by atoms with Crippen LogP contribution in [0.5, 0.6) is 5.75 Å². The first-order chi connectivity index (χ1) is 14.0. The second kappa shape index (κ2) is 12.0. The predicted octanol–water partition coefficient (Wildman–Crippen LogP) is 3.22. The molecule has 0 spiro atoms. The number of hydrogen-bond donors (Lipinski definition) is 2. The molecule has 29 heavy (non-hydrogen) atoms. The lowest BCUT2D eigenvalue weighted by Gasteiger charge is -2.13. The molecule has 7 heteroatoms. The van der Waals surface area contributed by atoms with Crippen molar-refractivity contribution in [1.29, 1.82) is 0 Å². The highest BCUT2D eigenvalue weighted by atomic mass is 35.5. The Morgan fingerprint density at radius 1 is 1.14 bits per heavy atom. The number of hydrogen-bond acceptors (Lipinski definition) is 3. The Morgan fingerprint density at radius 3 is 2.66 bits per heavy atom. The fraction of sp³-hybridized carbons (Fsp3) is 0.364. The van der Waals surface area contributed by atoms with Crippen LogP contribution in [0.2, 0.25) is 5.02 Å². The van der Waals surface area contributed by atoms with Crippen molar-refractivity contribution >= 4 is 23.5 Å². The number of halogens is 1. The molecular formula is C22H29ClN4O2. The van der Waals surface area contributed by atoms with Gasteiger partial charge in [-0.15, -0.1) is 0 Å². The summed E-state index contributed by atoms with van der Waals surface area (Å²) in [6, 6.07) is 15.0. The summed E-state index contributed by atoms with van der Waals surface area (Å²) in [5, 5.41) is 7.13. The number of nitrogens with zero attached hydrogens (tertiary/aromatic N) is 2. The molecule has 0 aliphatic heterocycles. The highest BCUT2D eigenvalue weighted by molar-refractivity contribution is 6.30. The van der Waals surface area contributed by atoms with Crippen molar-refractivity contribution in [3.8, 4) is 5.75 Å². The summed E-state index contributed by atoms with van der Waals surface area (Å²) in [4.78, 5) is 18.3. The summed E-state index contributed by atoms with van der Waals surface area (Å²) in [6.07, 6.45) is 0.754. The molecule has 2 rings (SSSR count). The van der Waals surface area contributed by atoms with Gasteiger partial charge in [-0.1, -0.05) is 29.8 Å². The SMILES string of the molecule is CCNC(=NCCc1cccc(C(=O)N(C)C)c1)NCCOc1cccc(Cl)c1. The molecule has 0 fully saturated rings. The number of amides is 1. The average molecular weight is 417 g/mol. The van der Waals surface area contributed by atoms with Gasteiger partial charge in [0.15, 0.2) is 5.96 Å². The van der Waals surface area contributed by atoms with Gasteiger partial charge in [0.25, 0.3) is 5.91 Å². The van der Waals surface area contributed by atoms with Crippen LogP contribution >= 0.6 is 11.6 Å². The van der Waals surface area contributed by atoms with E-state index in [1.54, 1.807) is 25.1 Å². The van der Waals surface area contributed by atoms with Crippen molar-refractivity contribution < 1.29 is 9.53 Å². The molecule has 0 saturated carbocycles. The van der Waals surface area contributed by atoms with Gasteiger partial charge in [0.1, 0.15) is 12.4 Å². The van der Waals surface area contributed by atoms with E-state index in [0.29, 0.717) is 30.3 Å². The second-order valence-electron chi connectivity index (χ2n) is 6.64. The first-order valence-electron chi connectivity index (χ1n) is 9.70. The zero-order chi connectivity index (χ0) is 21.1. The van der Waals surface area contributed by atoms with Crippen LogP contribution in [0.25, 0.3) is 0 Å². The number of nitrogens with one attached hydrogen (secondary N) is 2. The fourth-order valence-electron chi connectivity index (χ4n) is 2.65. The quantitative estimate of drug-likeness (QED) is 0.374. The molecule has 0 radical (unpaired) electrons. The van der Waals surface area contributed by atoms with Crippen molar-refractivity contribution in [2.45, 2.75) is 13.3 Å². The van der Waals surface area contributed by atoms with E-state index < -0.39 is 0 Å². The Kier molecular flexibility index (Phi) is 9.31. The Hall–Kier alpha value is -2.73. The first kappa shape index (κ1) is 22.6. The molecule has 2 aromatic carbocycles. The van der Waals surface area contributed by atoms with Crippen molar-refractivity contribution in [3.63, 3.8) is 0 Å². The molecule has 1 amide bonds. The molecule has 6 nitrogen and oxygen atoms in total. The first-order valence-corrected chi connectivity index (χ1v) is 10.1. The minimum absolute atomic E-state index is 0.00469. The number of carbonyl (C=O) groups is 1. The van der Waals surface area contributed by atoms with Crippen LogP contribution in [0.15, 0.2) is 53.5 Å². The predicted molar refractivity (Wildman–Crippen MR) is 119 cm³/mol. The molecule has 0 heterocycles. The summed E-state index contributed by atoms with van der Waals surface area (Å²) < 4.78 is 5.68. The van der Waals surface area contributed by atoms with Gasteiger partial charge in [0.2, 0.25) is 0 Å². The lowest BCUT2D eigenvalue weighted by atomic mass is 10.1. The molecule has 0 aromatic heterocycles. The molecule has 0 aliphatic rings. The smallest absolute Gasteiger partial charge is 0.253 e. The van der Waals surface area contributed by atoms with Gasteiger partial charge in [-0.3, -0.25) is 9.79 Å². The minimum Gasteiger partial charge on any atom is -0.492 e. The van der Waals surface area contributed by atoms with E-state index in [2.05, 4.69) is 15.6 Å². The lowest BCUT2D eigenvalue weighted by Crippen LogP contribution is -2.39. The highest BCUT2D eigenvalue weighted by Gasteiger charge is 2.08. The Bertz CT molecular complexity index is 824. The van der Waals surface area contributed by atoms with Gasteiger partial charge in [-0.25, -0.2) is 0 Å². The van der Waals surface area contributed by atoms with Crippen LogP contribution in [0.4, 0.5) is 0 Å². The van der Waals surface area contributed by atoms with Gasteiger partial charge in [-0.05, 0) is 49.2 Å². The molecule has 2 N–H and O–H groups in total. The van der Waals surface area contributed by atoms with Crippen LogP contribution < -0.4 is 15.4 Å². The zero-order valence-electron chi connectivity index (χ0n) is 17.2. The van der Waals surface area contributed by atoms with E-state index in [9.17, 15) is 4.79 Å². The zero-order valence-corrected chi connectivity index (χ0v) is 18.0. The van der Waals surface area contributed by atoms with Gasteiger partial charge < -0.3 is 20.3 Å². The van der Waals surface area contributed by atoms with E-state index in [4.69, 9.17) is 16.3 Å². The average Bonchev–Trinajstić information content (AvgIpc) is 2.70. The summed E-state index contributed by atoms with van der Waals surface area (Å²) >= 11 is 5.95. The molecule has 0 atom stereocenters. The molecular weight excluding hydrogens is 388 g/mol. The van der Waals surface area contributed by atoms with Crippen LogP contribution in [0, 0.1) is 0 Å². The molecule has 0 aliphatic carbocycles. The molecule has 0 unspecified atom stereocenters. The topological polar surface area (TPSA) is 66.0 Å². The molecule has 0 bridgehead atoms. The maximum Gasteiger partial charge on any atom is 0.253 e. The van der Waals surface area contributed by atoms with Crippen LogP contribution in [-0.4, -0.2) is 57.1 Å². The molecule has 0 saturated heterocycles. The fourth-order valence-corrected chi connectivity index (χ4v) is 2.83.